The van der Waals surface area contributed by atoms with Crippen molar-refractivity contribution in [1.82, 2.24) is 19.9 Å². The van der Waals surface area contributed by atoms with Gasteiger partial charge in [-0.15, -0.1) is 12.4 Å². The third-order valence-corrected chi connectivity index (χ3v) is 1.59. The zero-order valence-corrected chi connectivity index (χ0v) is 8.25. The Morgan fingerprint density at radius 1 is 1.00 bits per heavy atom. The molecule has 0 aliphatic rings. The van der Waals surface area contributed by atoms with E-state index in [2.05, 4.69) is 19.9 Å². The Balaban J connectivity index is 0.000000980. The van der Waals surface area contributed by atoms with E-state index in [1.165, 1.54) is 0 Å². The maximum absolute atomic E-state index is 5.33. The van der Waals surface area contributed by atoms with Gasteiger partial charge >= 0.3 is 0 Å². The molecule has 0 unspecified atom stereocenters. The molecule has 76 valence electrons. The zero-order chi connectivity index (χ0) is 8.93. The Labute approximate surface area is 87.3 Å². The Bertz CT molecular complexity index is 298. The van der Waals surface area contributed by atoms with Gasteiger partial charge in [-0.1, -0.05) is 0 Å². The molecule has 0 amide bonds. The van der Waals surface area contributed by atoms with Crippen LogP contribution in [-0.2, 0) is 18.0 Å². The highest BCUT2D eigenvalue weighted by Crippen LogP contribution is 1.96. The molecule has 0 saturated carbocycles. The van der Waals surface area contributed by atoms with E-state index in [4.69, 9.17) is 4.74 Å². The van der Waals surface area contributed by atoms with Crippen LogP contribution in [0, 0.1) is 0 Å². The maximum Gasteiger partial charge on any atom is 0.132 e. The monoisotopic (exact) mass is 214 g/mol. The van der Waals surface area contributed by atoms with Gasteiger partial charge in [-0.3, -0.25) is 0 Å². The minimum Gasteiger partial charge on any atom is -0.366 e. The second kappa shape index (κ2) is 5.41. The number of ether oxygens (including phenoxy) is 1. The summed E-state index contributed by atoms with van der Waals surface area (Å²) < 4.78 is 5.33. The molecule has 0 aromatic carbocycles. The van der Waals surface area contributed by atoms with E-state index >= 15 is 0 Å². The number of nitrogens with one attached hydrogen (secondary N) is 2. The average Bonchev–Trinajstić information content (AvgIpc) is 2.75. The molecule has 0 bridgehead atoms. The van der Waals surface area contributed by atoms with Crippen molar-refractivity contribution in [2.75, 3.05) is 0 Å². The van der Waals surface area contributed by atoms with Crippen LogP contribution in [0.15, 0.2) is 24.8 Å². The quantitative estimate of drug-likeness (QED) is 0.806. The summed E-state index contributed by atoms with van der Waals surface area (Å²) in [7, 11) is 0. The molecule has 6 heteroatoms. The van der Waals surface area contributed by atoms with E-state index in [1.54, 1.807) is 24.8 Å². The van der Waals surface area contributed by atoms with Crippen LogP contribution in [0.1, 0.15) is 11.6 Å². The third-order valence-electron chi connectivity index (χ3n) is 1.59. The van der Waals surface area contributed by atoms with E-state index in [0.29, 0.717) is 13.2 Å². The summed E-state index contributed by atoms with van der Waals surface area (Å²) in [5.74, 6) is 1.65. The molecule has 0 aliphatic carbocycles. The predicted molar refractivity (Wildman–Crippen MR) is 52.9 cm³/mol. The molecule has 14 heavy (non-hydrogen) atoms. The summed E-state index contributed by atoms with van der Waals surface area (Å²) in [6.45, 7) is 0.960. The smallest absolute Gasteiger partial charge is 0.132 e. The second-order valence-electron chi connectivity index (χ2n) is 2.56. The summed E-state index contributed by atoms with van der Waals surface area (Å²) in [4.78, 5) is 13.9. The van der Waals surface area contributed by atoms with Crippen molar-refractivity contribution in [3.8, 4) is 0 Å². The number of nitrogens with zero attached hydrogens (tertiary/aromatic N) is 2. The summed E-state index contributed by atoms with van der Waals surface area (Å²) in [6.07, 6.45) is 6.94. The van der Waals surface area contributed by atoms with E-state index < -0.39 is 0 Å². The van der Waals surface area contributed by atoms with Gasteiger partial charge < -0.3 is 14.7 Å². The van der Waals surface area contributed by atoms with Crippen molar-refractivity contribution in [1.29, 1.82) is 0 Å². The van der Waals surface area contributed by atoms with Crippen LogP contribution in [0.3, 0.4) is 0 Å². The highest BCUT2D eigenvalue weighted by atomic mass is 35.5. The van der Waals surface area contributed by atoms with Crippen LogP contribution < -0.4 is 0 Å². The zero-order valence-electron chi connectivity index (χ0n) is 7.43. The van der Waals surface area contributed by atoms with Gasteiger partial charge in [0.1, 0.15) is 24.9 Å². The maximum atomic E-state index is 5.33. The number of H-pyrrole nitrogens is 2. The van der Waals surface area contributed by atoms with Crippen LogP contribution in [0.5, 0.6) is 0 Å². The van der Waals surface area contributed by atoms with Crippen molar-refractivity contribution in [2.45, 2.75) is 13.2 Å². The highest BCUT2D eigenvalue weighted by molar-refractivity contribution is 5.85. The standard InChI is InChI=1S/C8H10N4O.ClH/c1-2-10-7(9-1)5-13-6-8-11-3-4-12-8;/h1-4H,5-6H2,(H,9,10)(H,11,12);1H. The fraction of sp³-hybridized carbons (Fsp3) is 0.250. The summed E-state index contributed by atoms with van der Waals surface area (Å²) in [6, 6.07) is 0. The SMILES string of the molecule is Cl.c1c[nH]c(COCc2ncc[nH]2)n1. The van der Waals surface area contributed by atoms with Gasteiger partial charge in [-0.25, -0.2) is 9.97 Å². The van der Waals surface area contributed by atoms with Crippen molar-refractivity contribution in [3.05, 3.63) is 36.4 Å². The lowest BCUT2D eigenvalue weighted by Crippen LogP contribution is -1.97. The molecule has 2 aromatic rings. The molecule has 0 atom stereocenters. The van der Waals surface area contributed by atoms with Crippen molar-refractivity contribution in [3.63, 3.8) is 0 Å². The molecule has 0 radical (unpaired) electrons. The van der Waals surface area contributed by atoms with E-state index in [-0.39, 0.29) is 12.4 Å². The first kappa shape index (κ1) is 10.7. The molecule has 0 fully saturated rings. The fourth-order valence-corrected chi connectivity index (χ4v) is 0.998. The predicted octanol–water partition coefficient (Wildman–Crippen LogP) is 1.27. The Hall–Kier alpha value is -1.33. The van der Waals surface area contributed by atoms with E-state index in [0.717, 1.165) is 11.6 Å². The summed E-state index contributed by atoms with van der Waals surface area (Å²) in [5.41, 5.74) is 0. The molecule has 5 nitrogen and oxygen atoms in total. The molecule has 2 rings (SSSR count). The van der Waals surface area contributed by atoms with Gasteiger partial charge in [0.15, 0.2) is 0 Å². The minimum atomic E-state index is 0. The van der Waals surface area contributed by atoms with E-state index in [1.807, 2.05) is 0 Å². The molecular formula is C8H11ClN4O. The van der Waals surface area contributed by atoms with Gasteiger partial charge in [-0.05, 0) is 0 Å². The Morgan fingerprint density at radius 2 is 1.50 bits per heavy atom. The van der Waals surface area contributed by atoms with Crippen LogP contribution in [0.2, 0.25) is 0 Å². The molecule has 0 saturated heterocycles. The Kier molecular flexibility index (Phi) is 4.15. The number of halogens is 1. The third kappa shape index (κ3) is 2.86. The van der Waals surface area contributed by atoms with E-state index in [9.17, 15) is 0 Å². The first-order valence-corrected chi connectivity index (χ1v) is 3.99. The molecule has 2 heterocycles. The number of aromatic amines is 2. The van der Waals surface area contributed by atoms with Gasteiger partial charge in [-0.2, -0.15) is 0 Å². The summed E-state index contributed by atoms with van der Waals surface area (Å²) >= 11 is 0. The van der Waals surface area contributed by atoms with Crippen LogP contribution >= 0.6 is 12.4 Å². The number of hydrogen-bond acceptors (Lipinski definition) is 3. The average molecular weight is 215 g/mol. The first-order valence-electron chi connectivity index (χ1n) is 3.99. The fourth-order valence-electron chi connectivity index (χ4n) is 0.998. The van der Waals surface area contributed by atoms with Crippen LogP contribution in [0.4, 0.5) is 0 Å². The molecule has 0 aliphatic heterocycles. The van der Waals surface area contributed by atoms with Crippen LogP contribution in [0.25, 0.3) is 0 Å². The molecular weight excluding hydrogens is 204 g/mol. The topological polar surface area (TPSA) is 66.6 Å². The number of imidazole rings is 2. The summed E-state index contributed by atoms with van der Waals surface area (Å²) in [5, 5.41) is 0. The van der Waals surface area contributed by atoms with Crippen molar-refractivity contribution in [2.24, 2.45) is 0 Å². The van der Waals surface area contributed by atoms with Crippen molar-refractivity contribution < 1.29 is 4.74 Å². The second-order valence-corrected chi connectivity index (χ2v) is 2.56. The molecule has 0 spiro atoms. The first-order chi connectivity index (χ1) is 6.45. The largest absolute Gasteiger partial charge is 0.366 e. The van der Waals surface area contributed by atoms with Gasteiger partial charge in [0.05, 0.1) is 0 Å². The van der Waals surface area contributed by atoms with Crippen molar-refractivity contribution >= 4 is 12.4 Å². The number of rotatable bonds is 4. The van der Waals surface area contributed by atoms with Gasteiger partial charge in [0, 0.05) is 24.8 Å². The lowest BCUT2D eigenvalue weighted by atomic mass is 10.6. The molecule has 2 N–H and O–H groups in total. The molecule has 2 aromatic heterocycles. The minimum absolute atomic E-state index is 0. The lowest BCUT2D eigenvalue weighted by molar-refractivity contribution is 0.0975. The number of hydrogen-bond donors (Lipinski definition) is 2. The van der Waals surface area contributed by atoms with Gasteiger partial charge in [0.2, 0.25) is 0 Å². The highest BCUT2D eigenvalue weighted by Gasteiger charge is 1.96. The lowest BCUT2D eigenvalue weighted by Gasteiger charge is -1.98. The van der Waals surface area contributed by atoms with Crippen LogP contribution in [-0.4, -0.2) is 19.9 Å². The Morgan fingerprint density at radius 3 is 1.86 bits per heavy atom. The normalized spacial score (nSPS) is 9.71. The number of aromatic nitrogens is 4. The van der Waals surface area contributed by atoms with Gasteiger partial charge in [0.25, 0.3) is 0 Å².